The van der Waals surface area contributed by atoms with Crippen LogP contribution in [0, 0.1) is 10.1 Å². The minimum Gasteiger partial charge on any atom is -0.352 e. The summed E-state index contributed by atoms with van der Waals surface area (Å²) < 4.78 is 35.4. The lowest BCUT2D eigenvalue weighted by molar-refractivity contribution is -0.384. The van der Waals surface area contributed by atoms with Gasteiger partial charge in [-0.05, 0) is 0 Å². The number of aromatic amines is 1. The molecule has 1 heterocycles. The standard InChI is InChI=1S/C5H3F3N2O2/c6-5(7,8)4-1-3(2-9-4)10(11)12/h1-2,9H. The van der Waals surface area contributed by atoms with Gasteiger partial charge >= 0.3 is 6.18 Å². The molecular weight excluding hydrogens is 177 g/mol. The maximum atomic E-state index is 11.8. The van der Waals surface area contributed by atoms with E-state index in [0.717, 1.165) is 0 Å². The number of halogens is 3. The highest BCUT2D eigenvalue weighted by atomic mass is 19.4. The maximum absolute atomic E-state index is 11.8. The first-order valence-corrected chi connectivity index (χ1v) is 2.81. The fraction of sp³-hybridized carbons (Fsp3) is 0.200. The van der Waals surface area contributed by atoms with E-state index in [0.29, 0.717) is 12.3 Å². The Morgan fingerprint density at radius 1 is 1.50 bits per heavy atom. The third kappa shape index (κ3) is 1.55. The second-order valence-electron chi connectivity index (χ2n) is 2.03. The second-order valence-corrected chi connectivity index (χ2v) is 2.03. The van der Waals surface area contributed by atoms with Crippen LogP contribution in [0.25, 0.3) is 0 Å². The van der Waals surface area contributed by atoms with Gasteiger partial charge in [-0.25, -0.2) is 0 Å². The first kappa shape index (κ1) is 8.57. The molecule has 1 aromatic heterocycles. The van der Waals surface area contributed by atoms with Gasteiger partial charge in [-0.1, -0.05) is 0 Å². The van der Waals surface area contributed by atoms with E-state index in [-0.39, 0.29) is 0 Å². The van der Waals surface area contributed by atoms with E-state index in [1.54, 1.807) is 4.98 Å². The summed E-state index contributed by atoms with van der Waals surface area (Å²) in [6, 6.07) is 0.444. The monoisotopic (exact) mass is 180 g/mol. The molecule has 66 valence electrons. The third-order valence-electron chi connectivity index (χ3n) is 1.18. The van der Waals surface area contributed by atoms with E-state index >= 15 is 0 Å². The number of rotatable bonds is 1. The van der Waals surface area contributed by atoms with Crippen LogP contribution < -0.4 is 0 Å². The van der Waals surface area contributed by atoms with E-state index in [9.17, 15) is 23.3 Å². The van der Waals surface area contributed by atoms with Crippen molar-refractivity contribution < 1.29 is 18.1 Å². The van der Waals surface area contributed by atoms with Gasteiger partial charge in [0.05, 0.1) is 11.1 Å². The second kappa shape index (κ2) is 2.50. The Bertz CT molecular complexity index is 304. The highest BCUT2D eigenvalue weighted by Crippen LogP contribution is 2.30. The van der Waals surface area contributed by atoms with E-state index < -0.39 is 22.5 Å². The minimum atomic E-state index is -4.56. The summed E-state index contributed by atoms with van der Waals surface area (Å²) in [6.45, 7) is 0. The zero-order valence-corrected chi connectivity index (χ0v) is 5.55. The molecule has 0 fully saturated rings. The number of hydrogen-bond donors (Lipinski definition) is 1. The number of nitrogens with zero attached hydrogens (tertiary/aromatic N) is 1. The van der Waals surface area contributed by atoms with Gasteiger partial charge < -0.3 is 4.98 Å². The Morgan fingerprint density at radius 2 is 2.08 bits per heavy atom. The maximum Gasteiger partial charge on any atom is 0.431 e. The Morgan fingerprint density at radius 3 is 2.33 bits per heavy atom. The molecule has 0 aliphatic heterocycles. The number of hydrogen-bond acceptors (Lipinski definition) is 2. The first-order chi connectivity index (χ1) is 5.41. The molecule has 0 saturated heterocycles. The molecule has 0 bridgehead atoms. The van der Waals surface area contributed by atoms with Crippen molar-refractivity contribution >= 4 is 5.69 Å². The van der Waals surface area contributed by atoms with Crippen LogP contribution in [0.5, 0.6) is 0 Å². The van der Waals surface area contributed by atoms with Gasteiger partial charge in [0.2, 0.25) is 0 Å². The molecular formula is C5H3F3N2O2. The molecule has 0 aliphatic carbocycles. The number of nitro groups is 1. The SMILES string of the molecule is O=[N+]([O-])c1c[nH]c(C(F)(F)F)c1. The minimum absolute atomic E-state index is 0.444. The van der Waals surface area contributed by atoms with Gasteiger partial charge in [0.25, 0.3) is 5.69 Å². The molecule has 0 amide bonds. The highest BCUT2D eigenvalue weighted by Gasteiger charge is 2.33. The smallest absolute Gasteiger partial charge is 0.352 e. The zero-order chi connectivity index (χ0) is 9.35. The van der Waals surface area contributed by atoms with E-state index in [4.69, 9.17) is 0 Å². The molecule has 4 nitrogen and oxygen atoms in total. The molecule has 0 aliphatic rings. The lowest BCUT2D eigenvalue weighted by Gasteiger charge is -1.99. The fourth-order valence-corrected chi connectivity index (χ4v) is 0.652. The van der Waals surface area contributed by atoms with Crippen LogP contribution in [-0.2, 0) is 6.18 Å². The van der Waals surface area contributed by atoms with Crippen LogP contribution in [-0.4, -0.2) is 9.91 Å². The highest BCUT2D eigenvalue weighted by molar-refractivity contribution is 5.31. The van der Waals surface area contributed by atoms with Gasteiger partial charge in [-0.3, -0.25) is 10.1 Å². The van der Waals surface area contributed by atoms with Crippen molar-refractivity contribution in [2.24, 2.45) is 0 Å². The van der Waals surface area contributed by atoms with Crippen LogP contribution >= 0.6 is 0 Å². The Balaban J connectivity index is 3.00. The van der Waals surface area contributed by atoms with Gasteiger partial charge in [0.1, 0.15) is 5.69 Å². The lowest BCUT2D eigenvalue weighted by Crippen LogP contribution is -2.04. The molecule has 0 spiro atoms. The van der Waals surface area contributed by atoms with Crippen molar-refractivity contribution in [1.29, 1.82) is 0 Å². The van der Waals surface area contributed by atoms with Gasteiger partial charge in [0, 0.05) is 6.07 Å². The summed E-state index contributed by atoms with van der Waals surface area (Å²) in [5.41, 5.74) is -1.71. The first-order valence-electron chi connectivity index (χ1n) is 2.81. The van der Waals surface area contributed by atoms with Crippen molar-refractivity contribution in [2.75, 3.05) is 0 Å². The van der Waals surface area contributed by atoms with E-state index in [2.05, 4.69) is 0 Å². The Hall–Kier alpha value is -1.53. The average molecular weight is 180 g/mol. The molecule has 0 saturated carbocycles. The summed E-state index contributed by atoms with van der Waals surface area (Å²) in [4.78, 5) is 10.8. The predicted molar refractivity (Wildman–Crippen MR) is 32.4 cm³/mol. The average Bonchev–Trinajstić information content (AvgIpc) is 2.30. The van der Waals surface area contributed by atoms with Crippen LogP contribution in [0.1, 0.15) is 5.69 Å². The molecule has 1 aromatic rings. The lowest BCUT2D eigenvalue weighted by atomic mass is 10.4. The van der Waals surface area contributed by atoms with Crippen molar-refractivity contribution in [2.45, 2.75) is 6.18 Å². The molecule has 1 rings (SSSR count). The van der Waals surface area contributed by atoms with Crippen LogP contribution in [0.3, 0.4) is 0 Å². The Labute approximate surface area is 64.2 Å². The molecule has 12 heavy (non-hydrogen) atoms. The summed E-state index contributed by atoms with van der Waals surface area (Å²) in [5, 5.41) is 9.96. The normalized spacial score (nSPS) is 11.6. The number of H-pyrrole nitrogens is 1. The zero-order valence-electron chi connectivity index (χ0n) is 5.55. The quantitative estimate of drug-likeness (QED) is 0.530. The van der Waals surface area contributed by atoms with Crippen LogP contribution in [0.15, 0.2) is 12.3 Å². The van der Waals surface area contributed by atoms with Gasteiger partial charge in [0.15, 0.2) is 0 Å². The molecule has 0 unspecified atom stereocenters. The van der Waals surface area contributed by atoms with E-state index in [1.807, 2.05) is 0 Å². The molecule has 0 atom stereocenters. The molecule has 0 aromatic carbocycles. The number of alkyl halides is 3. The Kier molecular flexibility index (Phi) is 1.79. The van der Waals surface area contributed by atoms with Gasteiger partial charge in [-0.2, -0.15) is 13.2 Å². The molecule has 1 N–H and O–H groups in total. The number of nitrogens with one attached hydrogen (secondary N) is 1. The van der Waals surface area contributed by atoms with Crippen molar-refractivity contribution in [3.05, 3.63) is 28.1 Å². The summed E-state index contributed by atoms with van der Waals surface area (Å²) in [7, 11) is 0. The fourth-order valence-electron chi connectivity index (χ4n) is 0.652. The van der Waals surface area contributed by atoms with Crippen LogP contribution in [0.4, 0.5) is 18.9 Å². The molecule has 0 radical (unpaired) electrons. The third-order valence-corrected chi connectivity index (χ3v) is 1.18. The summed E-state index contributed by atoms with van der Waals surface area (Å²) >= 11 is 0. The van der Waals surface area contributed by atoms with E-state index in [1.165, 1.54) is 0 Å². The van der Waals surface area contributed by atoms with Crippen molar-refractivity contribution in [1.82, 2.24) is 4.98 Å². The topological polar surface area (TPSA) is 58.9 Å². The van der Waals surface area contributed by atoms with Crippen molar-refractivity contribution in [3.8, 4) is 0 Å². The van der Waals surface area contributed by atoms with Crippen molar-refractivity contribution in [3.63, 3.8) is 0 Å². The number of aromatic nitrogens is 1. The molecule has 7 heteroatoms. The van der Waals surface area contributed by atoms with Crippen LogP contribution in [0.2, 0.25) is 0 Å². The largest absolute Gasteiger partial charge is 0.431 e. The predicted octanol–water partition coefficient (Wildman–Crippen LogP) is 1.94. The summed E-state index contributed by atoms with van der Waals surface area (Å²) in [6.07, 6.45) is -3.86. The summed E-state index contributed by atoms with van der Waals surface area (Å²) in [5.74, 6) is 0. The van der Waals surface area contributed by atoms with Gasteiger partial charge in [-0.15, -0.1) is 0 Å².